The predicted molar refractivity (Wildman–Crippen MR) is 91.0 cm³/mol. The summed E-state index contributed by atoms with van der Waals surface area (Å²) in [4.78, 5) is 40.4. The molecule has 0 radical (unpaired) electrons. The lowest BCUT2D eigenvalue weighted by atomic mass is 10.2. The molecule has 10 heteroatoms. The van der Waals surface area contributed by atoms with Gasteiger partial charge >= 0.3 is 0 Å². The molecular formula is C13H28N4O5S. The maximum absolute atomic E-state index is 10.2. The van der Waals surface area contributed by atoms with E-state index in [0.717, 1.165) is 0 Å². The second-order valence-corrected chi connectivity index (χ2v) is 4.87. The van der Waals surface area contributed by atoms with Crippen LogP contribution in [0.3, 0.4) is 0 Å². The van der Waals surface area contributed by atoms with Gasteiger partial charge in [-0.15, -0.1) is 0 Å². The molecule has 0 aliphatic carbocycles. The summed E-state index contributed by atoms with van der Waals surface area (Å²) in [5, 5.41) is 10.8. The number of carbonyl (C=O) groups is 4. The van der Waals surface area contributed by atoms with Crippen molar-refractivity contribution < 1.29 is 24.3 Å². The van der Waals surface area contributed by atoms with Crippen molar-refractivity contribution in [2.24, 2.45) is 17.2 Å². The average molecular weight is 352 g/mol. The van der Waals surface area contributed by atoms with E-state index >= 15 is 0 Å². The Labute approximate surface area is 141 Å². The summed E-state index contributed by atoms with van der Waals surface area (Å²) in [6, 6.07) is -1.48. The number of aliphatic hydroxyl groups excluding tert-OH is 1. The fraction of sp³-hybridized carbons (Fsp3) is 0.692. The molecule has 23 heavy (non-hydrogen) atoms. The van der Waals surface area contributed by atoms with Crippen molar-refractivity contribution in [3.05, 3.63) is 0 Å². The average Bonchev–Trinajstić information content (AvgIpc) is 2.51. The highest BCUT2D eigenvalue weighted by Gasteiger charge is 2.06. The van der Waals surface area contributed by atoms with Crippen LogP contribution in [0.4, 0.5) is 0 Å². The molecule has 0 aromatic heterocycles. The number of hydrogen-bond acceptors (Lipinski definition) is 9. The molecule has 0 saturated heterocycles. The number of rotatable bonds is 8. The van der Waals surface area contributed by atoms with Crippen LogP contribution in [0.25, 0.3) is 0 Å². The smallest absolute Gasteiger partial charge is 0.219 e. The maximum atomic E-state index is 10.2. The van der Waals surface area contributed by atoms with Crippen molar-refractivity contribution in [2.75, 3.05) is 19.4 Å². The quantitative estimate of drug-likeness (QED) is 0.203. The molecule has 0 aromatic rings. The van der Waals surface area contributed by atoms with Gasteiger partial charge in [-0.25, -0.2) is 0 Å². The third-order valence-electron chi connectivity index (χ3n) is 2.39. The van der Waals surface area contributed by atoms with Crippen LogP contribution in [-0.4, -0.2) is 66.4 Å². The SMILES string of the molecule is CC(=O)[C@@H](N)CO.CC(=O)[C@@H](N)CS.CN[C@@H](C=O)CC(N)=O. The van der Waals surface area contributed by atoms with Crippen LogP contribution >= 0.6 is 12.6 Å². The predicted octanol–water partition coefficient (Wildman–Crippen LogP) is -2.62. The summed E-state index contributed by atoms with van der Waals surface area (Å²) in [5.74, 6) is -0.214. The van der Waals surface area contributed by atoms with E-state index in [1.54, 1.807) is 7.05 Å². The molecule has 8 N–H and O–H groups in total. The minimum atomic E-state index is -0.681. The van der Waals surface area contributed by atoms with Gasteiger partial charge in [-0.1, -0.05) is 0 Å². The van der Waals surface area contributed by atoms with E-state index in [0.29, 0.717) is 12.0 Å². The topological polar surface area (TPSA) is 179 Å². The second kappa shape index (κ2) is 17.0. The van der Waals surface area contributed by atoms with Gasteiger partial charge in [0.25, 0.3) is 0 Å². The number of nitrogens with one attached hydrogen (secondary N) is 1. The summed E-state index contributed by atoms with van der Waals surface area (Å²) >= 11 is 3.81. The molecule has 1 amide bonds. The van der Waals surface area contributed by atoms with Gasteiger partial charge in [0.05, 0.1) is 24.7 Å². The molecule has 0 bridgehead atoms. The number of primary amides is 1. The van der Waals surface area contributed by atoms with Crippen molar-refractivity contribution in [3.8, 4) is 0 Å². The summed E-state index contributed by atoms with van der Waals surface area (Å²) in [5.41, 5.74) is 15.0. The van der Waals surface area contributed by atoms with Crippen LogP contribution in [0.2, 0.25) is 0 Å². The van der Waals surface area contributed by atoms with Gasteiger partial charge in [0.15, 0.2) is 0 Å². The highest BCUT2D eigenvalue weighted by atomic mass is 32.1. The Kier molecular flexibility index (Phi) is 19.7. The zero-order valence-corrected chi connectivity index (χ0v) is 14.6. The van der Waals surface area contributed by atoms with Crippen molar-refractivity contribution in [1.82, 2.24) is 5.32 Å². The fourth-order valence-corrected chi connectivity index (χ4v) is 0.949. The van der Waals surface area contributed by atoms with Crippen LogP contribution in [0.15, 0.2) is 0 Å². The highest BCUT2D eigenvalue weighted by Crippen LogP contribution is 1.83. The van der Waals surface area contributed by atoms with Crippen LogP contribution in [0.1, 0.15) is 20.3 Å². The Morgan fingerprint density at radius 1 is 1.17 bits per heavy atom. The van der Waals surface area contributed by atoms with E-state index in [2.05, 4.69) is 17.9 Å². The first-order valence-corrected chi connectivity index (χ1v) is 7.35. The van der Waals surface area contributed by atoms with Gasteiger partial charge in [-0.05, 0) is 20.9 Å². The van der Waals surface area contributed by atoms with Gasteiger partial charge in [0.1, 0.15) is 17.9 Å². The molecule has 0 unspecified atom stereocenters. The Bertz CT molecular complexity index is 348. The molecule has 0 saturated carbocycles. The molecule has 0 aliphatic heterocycles. The lowest BCUT2D eigenvalue weighted by Crippen LogP contribution is -2.31. The first-order valence-electron chi connectivity index (χ1n) is 6.71. The Hall–Kier alpha value is -1.33. The Morgan fingerprint density at radius 3 is 1.65 bits per heavy atom. The number of amides is 1. The van der Waals surface area contributed by atoms with Crippen molar-refractivity contribution in [3.63, 3.8) is 0 Å². The maximum Gasteiger partial charge on any atom is 0.219 e. The van der Waals surface area contributed by atoms with Crippen LogP contribution < -0.4 is 22.5 Å². The van der Waals surface area contributed by atoms with E-state index in [9.17, 15) is 19.2 Å². The van der Waals surface area contributed by atoms with Gasteiger partial charge in [0.2, 0.25) is 5.91 Å². The minimum absolute atomic E-state index is 0.00463. The van der Waals surface area contributed by atoms with E-state index in [1.165, 1.54) is 13.8 Å². The number of ketones is 2. The Morgan fingerprint density at radius 2 is 1.61 bits per heavy atom. The molecule has 136 valence electrons. The summed E-state index contributed by atoms with van der Waals surface area (Å²) in [7, 11) is 1.60. The first-order chi connectivity index (χ1) is 10.6. The first kappa shape index (κ1) is 26.6. The van der Waals surface area contributed by atoms with Crippen molar-refractivity contribution in [1.29, 1.82) is 0 Å². The third-order valence-corrected chi connectivity index (χ3v) is 2.79. The monoisotopic (exact) mass is 352 g/mol. The summed E-state index contributed by atoms with van der Waals surface area (Å²) < 4.78 is 0. The molecule has 9 nitrogen and oxygen atoms in total. The molecule has 0 rings (SSSR count). The number of aldehydes is 1. The van der Waals surface area contributed by atoms with Crippen LogP contribution in [0, 0.1) is 0 Å². The molecule has 3 atom stereocenters. The van der Waals surface area contributed by atoms with E-state index in [1.807, 2.05) is 0 Å². The number of hydrogen-bond donors (Lipinski definition) is 6. The molecule has 0 fully saturated rings. The van der Waals surface area contributed by atoms with Crippen molar-refractivity contribution >= 4 is 36.4 Å². The van der Waals surface area contributed by atoms with Crippen LogP contribution in [0.5, 0.6) is 0 Å². The molecule has 0 aliphatic rings. The van der Waals surface area contributed by atoms with Gasteiger partial charge < -0.3 is 32.4 Å². The number of Topliss-reactive ketones (excluding diaryl/α,β-unsaturated/α-hetero) is 2. The van der Waals surface area contributed by atoms with Crippen molar-refractivity contribution in [2.45, 2.75) is 38.4 Å². The number of likely N-dealkylation sites (N-methyl/N-ethyl adjacent to an activating group) is 1. The number of thiol groups is 1. The van der Waals surface area contributed by atoms with E-state index < -0.39 is 18.0 Å². The summed E-state index contributed by atoms with van der Waals surface area (Å²) in [6.07, 6.45) is 0.727. The van der Waals surface area contributed by atoms with Gasteiger partial charge in [-0.3, -0.25) is 14.4 Å². The normalized spacial score (nSPS) is 13.2. The standard InChI is InChI=1S/C5H10N2O2.C4H9NO2.C4H9NOS/c1-7-4(3-8)2-5(6)9;1-3(7)4(5)2-6;1-3(6)4(5)2-7/h3-4,7H,2H2,1H3,(H2,6,9);4,6H,2,5H2,1H3;4,7H,2,5H2,1H3/t3*4-/m100/s1. The number of nitrogens with two attached hydrogens (primary N) is 3. The number of carbonyl (C=O) groups excluding carboxylic acids is 4. The zero-order valence-electron chi connectivity index (χ0n) is 13.7. The largest absolute Gasteiger partial charge is 0.394 e. The third kappa shape index (κ3) is 20.7. The lowest BCUT2D eigenvalue weighted by Gasteiger charge is -2.03. The zero-order chi connectivity index (χ0) is 19.0. The number of aliphatic hydroxyl groups is 1. The molecular weight excluding hydrogens is 324 g/mol. The van der Waals surface area contributed by atoms with Crippen LogP contribution in [-0.2, 0) is 19.2 Å². The summed E-state index contributed by atoms with van der Waals surface area (Å²) in [6.45, 7) is 2.55. The highest BCUT2D eigenvalue weighted by molar-refractivity contribution is 7.80. The van der Waals surface area contributed by atoms with Gasteiger partial charge in [0, 0.05) is 12.2 Å². The molecule has 0 spiro atoms. The lowest BCUT2D eigenvalue weighted by molar-refractivity contribution is -0.120. The van der Waals surface area contributed by atoms with E-state index in [4.69, 9.17) is 22.3 Å². The molecule has 0 heterocycles. The van der Waals surface area contributed by atoms with Gasteiger partial charge in [-0.2, -0.15) is 12.6 Å². The molecule has 0 aromatic carbocycles. The minimum Gasteiger partial charge on any atom is -0.394 e. The second-order valence-electron chi connectivity index (χ2n) is 4.50. The Balaban J connectivity index is -0.000000264. The fourth-order valence-electron chi connectivity index (χ4n) is 0.692. The van der Waals surface area contributed by atoms with E-state index in [-0.39, 0.29) is 30.6 Å².